The van der Waals surface area contributed by atoms with Crippen LogP contribution in [0.4, 0.5) is 0 Å². The average molecular weight is 308 g/mol. The number of amides is 1. The van der Waals surface area contributed by atoms with Gasteiger partial charge in [-0.1, -0.05) is 19.1 Å². The van der Waals surface area contributed by atoms with E-state index in [4.69, 9.17) is 18.0 Å². The Bertz CT molecular complexity index is 409. The van der Waals surface area contributed by atoms with Gasteiger partial charge >= 0.3 is 0 Å². The summed E-state index contributed by atoms with van der Waals surface area (Å²) in [4.78, 5) is 15.6. The number of carbonyl (C=O) groups excluding carboxylic acids is 1. The minimum absolute atomic E-state index is 0.112. The van der Waals surface area contributed by atoms with Crippen molar-refractivity contribution in [3.05, 3.63) is 0 Å². The van der Waals surface area contributed by atoms with Gasteiger partial charge in [-0.25, -0.2) is 0 Å². The standard InChI is InChI=1S/C17H28N2OS/c1-3-19(9-10(2)16(18)21)17(20)15-13-5-11-4-12(7-13)8-14(15)6-11/h10-15H,3-9H2,1-2H3,(H2,18,21). The summed E-state index contributed by atoms with van der Waals surface area (Å²) in [6.45, 7) is 5.55. The maximum atomic E-state index is 13.1. The third-order valence-electron chi connectivity index (χ3n) is 6.19. The lowest BCUT2D eigenvalue weighted by Crippen LogP contribution is -2.52. The number of hydrogen-bond donors (Lipinski definition) is 1. The lowest BCUT2D eigenvalue weighted by Gasteiger charge is -2.54. The molecule has 0 heterocycles. The van der Waals surface area contributed by atoms with Crippen molar-refractivity contribution in [2.24, 2.45) is 41.2 Å². The van der Waals surface area contributed by atoms with Gasteiger partial charge in [0, 0.05) is 24.9 Å². The predicted molar refractivity (Wildman–Crippen MR) is 88.7 cm³/mol. The Hall–Kier alpha value is -0.640. The van der Waals surface area contributed by atoms with Crippen LogP contribution < -0.4 is 5.73 Å². The summed E-state index contributed by atoms with van der Waals surface area (Å²) < 4.78 is 0. The molecular weight excluding hydrogens is 280 g/mol. The molecule has 0 saturated heterocycles. The van der Waals surface area contributed by atoms with E-state index in [0.29, 0.717) is 29.3 Å². The molecule has 4 bridgehead atoms. The van der Waals surface area contributed by atoms with Gasteiger partial charge in [0.25, 0.3) is 0 Å². The maximum Gasteiger partial charge on any atom is 0.226 e. The van der Waals surface area contributed by atoms with Crippen molar-refractivity contribution in [3.63, 3.8) is 0 Å². The Morgan fingerprint density at radius 3 is 2.14 bits per heavy atom. The second kappa shape index (κ2) is 5.86. The Morgan fingerprint density at radius 1 is 1.19 bits per heavy atom. The lowest BCUT2D eigenvalue weighted by molar-refractivity contribution is -0.149. The first-order valence-electron chi connectivity index (χ1n) is 8.57. The minimum atomic E-state index is 0.112. The van der Waals surface area contributed by atoms with Gasteiger partial charge in [0.05, 0.1) is 4.99 Å². The molecule has 4 aliphatic rings. The second-order valence-corrected chi connectivity index (χ2v) is 8.11. The summed E-state index contributed by atoms with van der Waals surface area (Å²) in [6.07, 6.45) is 6.62. The van der Waals surface area contributed by atoms with E-state index in [1.807, 2.05) is 11.8 Å². The van der Waals surface area contributed by atoms with E-state index in [-0.39, 0.29) is 11.8 Å². The van der Waals surface area contributed by atoms with Crippen LogP contribution in [0.15, 0.2) is 0 Å². The molecule has 21 heavy (non-hydrogen) atoms. The maximum absolute atomic E-state index is 13.1. The minimum Gasteiger partial charge on any atom is -0.393 e. The van der Waals surface area contributed by atoms with E-state index in [9.17, 15) is 4.79 Å². The number of nitrogens with zero attached hydrogens (tertiary/aromatic N) is 1. The van der Waals surface area contributed by atoms with Gasteiger partial charge in [-0.2, -0.15) is 0 Å². The molecule has 4 saturated carbocycles. The summed E-state index contributed by atoms with van der Waals surface area (Å²) in [7, 11) is 0. The predicted octanol–water partition coefficient (Wildman–Crippen LogP) is 2.83. The first-order chi connectivity index (χ1) is 9.99. The van der Waals surface area contributed by atoms with Gasteiger partial charge in [0.2, 0.25) is 5.91 Å². The Morgan fingerprint density at radius 2 is 1.71 bits per heavy atom. The van der Waals surface area contributed by atoms with Crippen LogP contribution >= 0.6 is 12.2 Å². The zero-order valence-corrected chi connectivity index (χ0v) is 14.1. The van der Waals surface area contributed by atoms with Gasteiger partial charge < -0.3 is 10.6 Å². The number of nitrogens with two attached hydrogens (primary N) is 1. The average Bonchev–Trinajstić information content (AvgIpc) is 2.42. The molecule has 4 aliphatic carbocycles. The highest BCUT2D eigenvalue weighted by Gasteiger charge is 2.51. The van der Waals surface area contributed by atoms with E-state index in [1.165, 1.54) is 32.1 Å². The fourth-order valence-corrected chi connectivity index (χ4v) is 5.41. The highest BCUT2D eigenvalue weighted by atomic mass is 32.1. The Kier molecular flexibility index (Phi) is 4.26. The molecule has 0 radical (unpaired) electrons. The highest BCUT2D eigenvalue weighted by Crippen LogP contribution is 2.56. The normalized spacial score (nSPS) is 38.3. The van der Waals surface area contributed by atoms with Gasteiger partial charge in [-0.3, -0.25) is 4.79 Å². The SMILES string of the molecule is CCN(CC(C)C(N)=S)C(=O)C1C2CC3CC(C2)CC1C3. The molecular formula is C17H28N2OS. The summed E-state index contributed by atoms with van der Waals surface area (Å²) in [5.74, 6) is 3.93. The molecule has 1 unspecified atom stereocenters. The zero-order chi connectivity index (χ0) is 15.1. The van der Waals surface area contributed by atoms with Crippen LogP contribution in [0.3, 0.4) is 0 Å². The molecule has 4 rings (SSSR count). The molecule has 0 aromatic rings. The largest absolute Gasteiger partial charge is 0.393 e. The molecule has 0 spiro atoms. The molecule has 0 aromatic carbocycles. The summed E-state index contributed by atoms with van der Waals surface area (Å²) in [6, 6.07) is 0. The van der Waals surface area contributed by atoms with Gasteiger partial charge in [-0.05, 0) is 62.7 Å². The van der Waals surface area contributed by atoms with Crippen molar-refractivity contribution in [2.45, 2.75) is 46.0 Å². The third kappa shape index (κ3) is 2.84. The molecule has 2 N–H and O–H groups in total. The molecule has 4 fully saturated rings. The zero-order valence-electron chi connectivity index (χ0n) is 13.3. The smallest absolute Gasteiger partial charge is 0.226 e. The molecule has 0 aromatic heterocycles. The van der Waals surface area contributed by atoms with Crippen molar-refractivity contribution in [1.82, 2.24) is 4.90 Å². The van der Waals surface area contributed by atoms with Crippen molar-refractivity contribution >= 4 is 23.1 Å². The van der Waals surface area contributed by atoms with Crippen LogP contribution in [-0.2, 0) is 4.79 Å². The summed E-state index contributed by atoms with van der Waals surface area (Å²) >= 11 is 5.07. The molecule has 1 atom stereocenters. The molecule has 4 heteroatoms. The van der Waals surface area contributed by atoms with Crippen LogP contribution in [0.5, 0.6) is 0 Å². The van der Waals surface area contributed by atoms with Crippen molar-refractivity contribution in [3.8, 4) is 0 Å². The fourth-order valence-electron chi connectivity index (χ4n) is 5.33. The van der Waals surface area contributed by atoms with E-state index < -0.39 is 0 Å². The summed E-state index contributed by atoms with van der Waals surface area (Å²) in [5.41, 5.74) is 5.73. The van der Waals surface area contributed by atoms with E-state index in [0.717, 1.165) is 18.4 Å². The monoisotopic (exact) mass is 308 g/mol. The van der Waals surface area contributed by atoms with Crippen molar-refractivity contribution in [2.75, 3.05) is 13.1 Å². The van der Waals surface area contributed by atoms with E-state index in [1.54, 1.807) is 0 Å². The topological polar surface area (TPSA) is 46.3 Å². The second-order valence-electron chi connectivity index (χ2n) is 7.64. The first-order valence-corrected chi connectivity index (χ1v) is 8.98. The number of carbonyl (C=O) groups is 1. The lowest BCUT2D eigenvalue weighted by atomic mass is 9.51. The first kappa shape index (κ1) is 15.3. The molecule has 118 valence electrons. The van der Waals surface area contributed by atoms with Gasteiger partial charge in [0.15, 0.2) is 0 Å². The van der Waals surface area contributed by atoms with Crippen LogP contribution in [-0.4, -0.2) is 28.9 Å². The molecule has 0 aliphatic heterocycles. The summed E-state index contributed by atoms with van der Waals surface area (Å²) in [5, 5.41) is 0. The Labute approximate surface area is 133 Å². The number of thiocarbonyl (C=S) groups is 1. The van der Waals surface area contributed by atoms with Crippen LogP contribution in [0.2, 0.25) is 0 Å². The number of rotatable bonds is 5. The quantitative estimate of drug-likeness (QED) is 0.794. The van der Waals surface area contributed by atoms with E-state index >= 15 is 0 Å². The van der Waals surface area contributed by atoms with Crippen molar-refractivity contribution in [1.29, 1.82) is 0 Å². The fraction of sp³-hybridized carbons (Fsp3) is 0.882. The van der Waals surface area contributed by atoms with E-state index in [2.05, 4.69) is 6.92 Å². The van der Waals surface area contributed by atoms with Gasteiger partial charge in [-0.15, -0.1) is 0 Å². The molecule has 1 amide bonds. The Balaban J connectivity index is 1.70. The van der Waals surface area contributed by atoms with Crippen LogP contribution in [0.25, 0.3) is 0 Å². The van der Waals surface area contributed by atoms with Crippen LogP contribution in [0.1, 0.15) is 46.0 Å². The highest BCUT2D eigenvalue weighted by molar-refractivity contribution is 7.80. The van der Waals surface area contributed by atoms with Gasteiger partial charge in [0.1, 0.15) is 0 Å². The van der Waals surface area contributed by atoms with Crippen LogP contribution in [0, 0.1) is 35.5 Å². The van der Waals surface area contributed by atoms with Crippen molar-refractivity contribution < 1.29 is 4.79 Å². The third-order valence-corrected chi connectivity index (χ3v) is 6.59. The molecule has 3 nitrogen and oxygen atoms in total. The number of hydrogen-bond acceptors (Lipinski definition) is 2.